The number of fused-ring (bicyclic) bond motifs is 1. The predicted molar refractivity (Wildman–Crippen MR) is 72.2 cm³/mol. The Balaban J connectivity index is 1.96. The van der Waals surface area contributed by atoms with Crippen molar-refractivity contribution in [2.45, 2.75) is 39.3 Å². The van der Waals surface area contributed by atoms with Gasteiger partial charge in [0.1, 0.15) is 0 Å². The van der Waals surface area contributed by atoms with Crippen LogP contribution >= 0.6 is 0 Å². The number of imidazole rings is 1. The number of benzene rings is 1. The summed E-state index contributed by atoms with van der Waals surface area (Å²) in [6.45, 7) is 4.75. The van der Waals surface area contributed by atoms with Crippen molar-refractivity contribution in [2.75, 3.05) is 0 Å². The molecule has 0 saturated carbocycles. The van der Waals surface area contributed by atoms with Crippen molar-refractivity contribution in [3.63, 3.8) is 0 Å². The van der Waals surface area contributed by atoms with Crippen molar-refractivity contribution in [3.8, 4) is 0 Å². The number of carbonyl (C=O) groups excluding carboxylic acids is 1. The van der Waals surface area contributed by atoms with Crippen molar-refractivity contribution in [1.29, 1.82) is 0 Å². The van der Waals surface area contributed by atoms with Crippen LogP contribution in [0.5, 0.6) is 0 Å². The molecule has 1 aromatic carbocycles. The standard InChI is InChI=1S/C14H19N3O/c1-3-11(2)16-14(18)8-9-17-10-15-12-6-4-5-7-13(12)17/h4-7,10-11H,3,8-9H2,1-2H3,(H,16,18). The second kappa shape index (κ2) is 5.67. The fourth-order valence-electron chi connectivity index (χ4n) is 1.86. The zero-order valence-corrected chi connectivity index (χ0v) is 10.9. The number of nitrogens with zero attached hydrogens (tertiary/aromatic N) is 2. The highest BCUT2D eigenvalue weighted by molar-refractivity contribution is 5.77. The maximum Gasteiger partial charge on any atom is 0.221 e. The van der Waals surface area contributed by atoms with Gasteiger partial charge in [-0.15, -0.1) is 0 Å². The van der Waals surface area contributed by atoms with Crippen molar-refractivity contribution < 1.29 is 4.79 Å². The van der Waals surface area contributed by atoms with Gasteiger partial charge < -0.3 is 9.88 Å². The van der Waals surface area contributed by atoms with E-state index < -0.39 is 0 Å². The lowest BCUT2D eigenvalue weighted by molar-refractivity contribution is -0.121. The van der Waals surface area contributed by atoms with E-state index >= 15 is 0 Å². The first kappa shape index (κ1) is 12.6. The van der Waals surface area contributed by atoms with Gasteiger partial charge in [0, 0.05) is 19.0 Å². The SMILES string of the molecule is CCC(C)NC(=O)CCn1cnc2ccccc21. The molecule has 18 heavy (non-hydrogen) atoms. The summed E-state index contributed by atoms with van der Waals surface area (Å²) in [5, 5.41) is 2.97. The van der Waals surface area contributed by atoms with Gasteiger partial charge in [-0.3, -0.25) is 4.79 Å². The number of hydrogen-bond acceptors (Lipinski definition) is 2. The second-order valence-electron chi connectivity index (χ2n) is 4.55. The predicted octanol–water partition coefficient (Wildman–Crippen LogP) is 2.34. The van der Waals surface area contributed by atoms with Gasteiger partial charge in [-0.25, -0.2) is 4.98 Å². The number of aryl methyl sites for hydroxylation is 1. The summed E-state index contributed by atoms with van der Waals surface area (Å²) in [7, 11) is 0. The zero-order valence-electron chi connectivity index (χ0n) is 10.9. The van der Waals surface area contributed by atoms with Crippen LogP contribution < -0.4 is 5.32 Å². The van der Waals surface area contributed by atoms with Gasteiger partial charge >= 0.3 is 0 Å². The zero-order chi connectivity index (χ0) is 13.0. The van der Waals surface area contributed by atoms with Crippen LogP contribution in [0, 0.1) is 0 Å². The maximum atomic E-state index is 11.7. The van der Waals surface area contributed by atoms with Crippen LogP contribution in [0.25, 0.3) is 11.0 Å². The molecule has 0 spiro atoms. The molecular weight excluding hydrogens is 226 g/mol. The molecule has 1 atom stereocenters. The summed E-state index contributed by atoms with van der Waals surface area (Å²) in [6.07, 6.45) is 3.24. The first-order valence-electron chi connectivity index (χ1n) is 6.40. The molecular formula is C14H19N3O. The molecule has 2 aromatic rings. The Labute approximate surface area is 107 Å². The lowest BCUT2D eigenvalue weighted by atomic mass is 10.2. The summed E-state index contributed by atoms with van der Waals surface area (Å²) in [6, 6.07) is 8.20. The third-order valence-corrected chi connectivity index (χ3v) is 3.13. The number of carbonyl (C=O) groups is 1. The minimum Gasteiger partial charge on any atom is -0.354 e. The molecule has 0 aliphatic rings. The molecule has 1 N–H and O–H groups in total. The van der Waals surface area contributed by atoms with Gasteiger partial charge in [-0.1, -0.05) is 19.1 Å². The molecule has 1 unspecified atom stereocenters. The molecule has 0 aliphatic carbocycles. The molecule has 4 heteroatoms. The van der Waals surface area contributed by atoms with Gasteiger partial charge in [0.25, 0.3) is 0 Å². The van der Waals surface area contributed by atoms with Crippen LogP contribution in [0.15, 0.2) is 30.6 Å². The van der Waals surface area contributed by atoms with Crippen LogP contribution in [0.2, 0.25) is 0 Å². The molecule has 0 saturated heterocycles. The van der Waals surface area contributed by atoms with E-state index in [0.717, 1.165) is 17.5 Å². The van der Waals surface area contributed by atoms with Crippen LogP contribution in [-0.4, -0.2) is 21.5 Å². The maximum absolute atomic E-state index is 11.7. The minimum absolute atomic E-state index is 0.0992. The van der Waals surface area contributed by atoms with Crippen molar-refractivity contribution in [3.05, 3.63) is 30.6 Å². The molecule has 0 bridgehead atoms. The highest BCUT2D eigenvalue weighted by atomic mass is 16.1. The van der Waals surface area contributed by atoms with Gasteiger partial charge in [0.15, 0.2) is 0 Å². The Morgan fingerprint density at radius 1 is 1.44 bits per heavy atom. The van der Waals surface area contributed by atoms with E-state index in [0.29, 0.717) is 13.0 Å². The molecule has 0 aliphatic heterocycles. The van der Waals surface area contributed by atoms with E-state index in [1.54, 1.807) is 6.33 Å². The molecule has 1 aromatic heterocycles. The molecule has 2 rings (SSSR count). The Morgan fingerprint density at radius 2 is 2.22 bits per heavy atom. The molecule has 96 valence electrons. The molecule has 1 heterocycles. The van der Waals surface area contributed by atoms with E-state index in [4.69, 9.17) is 0 Å². The van der Waals surface area contributed by atoms with Crippen molar-refractivity contribution >= 4 is 16.9 Å². The van der Waals surface area contributed by atoms with Gasteiger partial charge in [-0.05, 0) is 25.5 Å². The number of rotatable bonds is 5. The topological polar surface area (TPSA) is 46.9 Å². The van der Waals surface area contributed by atoms with E-state index in [1.807, 2.05) is 35.8 Å². The Bertz CT molecular complexity index is 533. The van der Waals surface area contributed by atoms with E-state index in [9.17, 15) is 4.79 Å². The fourth-order valence-corrected chi connectivity index (χ4v) is 1.86. The number of amides is 1. The van der Waals surface area contributed by atoms with E-state index in [-0.39, 0.29) is 11.9 Å². The van der Waals surface area contributed by atoms with Gasteiger partial charge in [0.2, 0.25) is 5.91 Å². The van der Waals surface area contributed by atoms with Gasteiger partial charge in [-0.2, -0.15) is 0 Å². The lowest BCUT2D eigenvalue weighted by Crippen LogP contribution is -2.32. The van der Waals surface area contributed by atoms with Crippen LogP contribution in [-0.2, 0) is 11.3 Å². The third-order valence-electron chi connectivity index (χ3n) is 3.13. The van der Waals surface area contributed by atoms with Crippen LogP contribution in [0.4, 0.5) is 0 Å². The summed E-state index contributed by atoms with van der Waals surface area (Å²) < 4.78 is 2.02. The van der Waals surface area contributed by atoms with E-state index in [1.165, 1.54) is 0 Å². The lowest BCUT2D eigenvalue weighted by Gasteiger charge is -2.11. The van der Waals surface area contributed by atoms with E-state index in [2.05, 4.69) is 17.2 Å². The normalized spacial score (nSPS) is 12.6. The minimum atomic E-state index is 0.0992. The van der Waals surface area contributed by atoms with Crippen molar-refractivity contribution in [1.82, 2.24) is 14.9 Å². The molecule has 0 radical (unpaired) electrons. The van der Waals surface area contributed by atoms with Crippen LogP contribution in [0.1, 0.15) is 26.7 Å². The average molecular weight is 245 g/mol. The second-order valence-corrected chi connectivity index (χ2v) is 4.55. The number of hydrogen-bond donors (Lipinski definition) is 1. The smallest absolute Gasteiger partial charge is 0.221 e. The Hall–Kier alpha value is -1.84. The molecule has 0 fully saturated rings. The first-order valence-corrected chi connectivity index (χ1v) is 6.40. The third kappa shape index (κ3) is 2.88. The fraction of sp³-hybridized carbons (Fsp3) is 0.429. The monoisotopic (exact) mass is 245 g/mol. The summed E-state index contributed by atoms with van der Waals surface area (Å²) >= 11 is 0. The molecule has 4 nitrogen and oxygen atoms in total. The summed E-state index contributed by atoms with van der Waals surface area (Å²) in [5.41, 5.74) is 2.05. The Kier molecular flexibility index (Phi) is 3.97. The Morgan fingerprint density at radius 3 is 3.00 bits per heavy atom. The van der Waals surface area contributed by atoms with Crippen molar-refractivity contribution in [2.24, 2.45) is 0 Å². The highest BCUT2D eigenvalue weighted by Gasteiger charge is 2.07. The summed E-state index contributed by atoms with van der Waals surface area (Å²) in [5.74, 6) is 0.0992. The van der Waals surface area contributed by atoms with Gasteiger partial charge in [0.05, 0.1) is 17.4 Å². The summed E-state index contributed by atoms with van der Waals surface area (Å²) in [4.78, 5) is 16.0. The number of para-hydroxylation sites is 2. The quantitative estimate of drug-likeness (QED) is 0.879. The average Bonchev–Trinajstić information content (AvgIpc) is 2.79. The number of nitrogens with one attached hydrogen (secondary N) is 1. The highest BCUT2D eigenvalue weighted by Crippen LogP contribution is 2.11. The molecule has 1 amide bonds. The first-order chi connectivity index (χ1) is 8.70. The largest absolute Gasteiger partial charge is 0.354 e. The van der Waals surface area contributed by atoms with Crippen LogP contribution in [0.3, 0.4) is 0 Å². The number of aromatic nitrogens is 2.